The number of H-pyrrole nitrogens is 1. The molecule has 1 aromatic carbocycles. The third-order valence-electron chi connectivity index (χ3n) is 3.03. The quantitative estimate of drug-likeness (QED) is 0.849. The lowest BCUT2D eigenvalue weighted by molar-refractivity contribution is 0.126. The van der Waals surface area contributed by atoms with E-state index < -0.39 is 6.10 Å². The second-order valence-corrected chi connectivity index (χ2v) is 4.72. The van der Waals surface area contributed by atoms with Crippen molar-refractivity contribution in [3.63, 3.8) is 0 Å². The highest BCUT2D eigenvalue weighted by Gasteiger charge is 2.12. The molecule has 0 saturated heterocycles. The smallest absolute Gasteiger partial charge is 0.248 e. The number of hydrogen-bond acceptors (Lipinski definition) is 2. The lowest BCUT2D eigenvalue weighted by atomic mass is 9.97. The van der Waals surface area contributed by atoms with Crippen molar-refractivity contribution in [3.8, 4) is 0 Å². The van der Waals surface area contributed by atoms with E-state index in [1.807, 2.05) is 38.1 Å². The van der Waals surface area contributed by atoms with Crippen molar-refractivity contribution >= 4 is 10.9 Å². The van der Waals surface area contributed by atoms with Gasteiger partial charge in [-0.15, -0.1) is 0 Å². The maximum Gasteiger partial charge on any atom is 0.248 e. The number of pyridine rings is 1. The molecule has 1 unspecified atom stereocenters. The van der Waals surface area contributed by atoms with Crippen LogP contribution < -0.4 is 5.56 Å². The Morgan fingerprint density at radius 2 is 2.00 bits per heavy atom. The Bertz CT molecular complexity index is 572. The fourth-order valence-electron chi connectivity index (χ4n) is 1.91. The van der Waals surface area contributed by atoms with Gasteiger partial charge in [0.2, 0.25) is 5.56 Å². The molecular weight excluding hydrogens is 214 g/mol. The molecule has 0 aliphatic heterocycles. The maximum absolute atomic E-state index is 11.5. The van der Waals surface area contributed by atoms with Gasteiger partial charge in [0.25, 0.3) is 0 Å². The fraction of sp³-hybridized carbons (Fsp3) is 0.357. The Kier molecular flexibility index (Phi) is 3.29. The first-order valence-corrected chi connectivity index (χ1v) is 5.87. The van der Waals surface area contributed by atoms with Gasteiger partial charge in [-0.1, -0.05) is 32.0 Å². The van der Waals surface area contributed by atoms with Crippen LogP contribution in [0.2, 0.25) is 0 Å². The van der Waals surface area contributed by atoms with E-state index in [-0.39, 0.29) is 11.5 Å². The minimum absolute atomic E-state index is 0.116. The van der Waals surface area contributed by atoms with Crippen LogP contribution in [0.4, 0.5) is 0 Å². The number of rotatable bonds is 3. The van der Waals surface area contributed by atoms with E-state index in [0.717, 1.165) is 16.5 Å². The molecule has 1 atom stereocenters. The van der Waals surface area contributed by atoms with Gasteiger partial charge in [0.15, 0.2) is 0 Å². The summed E-state index contributed by atoms with van der Waals surface area (Å²) in [6.45, 7) is 3.94. The molecule has 0 aliphatic rings. The van der Waals surface area contributed by atoms with Gasteiger partial charge in [0.05, 0.1) is 6.10 Å². The van der Waals surface area contributed by atoms with Gasteiger partial charge >= 0.3 is 0 Å². The average molecular weight is 231 g/mol. The van der Waals surface area contributed by atoms with Crippen LogP contribution in [0.1, 0.15) is 19.4 Å². The number of aromatic amines is 1. The molecule has 2 aromatic rings. The van der Waals surface area contributed by atoms with Crippen LogP contribution in [0.3, 0.4) is 0 Å². The third kappa shape index (κ3) is 2.56. The van der Waals surface area contributed by atoms with Crippen LogP contribution in [0.15, 0.2) is 35.1 Å². The Balaban J connectivity index is 2.49. The molecular formula is C14H17NO2. The molecule has 0 fully saturated rings. The normalized spacial score (nSPS) is 13.2. The molecule has 1 heterocycles. The second-order valence-electron chi connectivity index (χ2n) is 4.72. The number of aliphatic hydroxyl groups is 1. The van der Waals surface area contributed by atoms with E-state index in [4.69, 9.17) is 0 Å². The molecule has 17 heavy (non-hydrogen) atoms. The van der Waals surface area contributed by atoms with Gasteiger partial charge in [-0.05, 0) is 24.0 Å². The molecule has 3 nitrogen and oxygen atoms in total. The van der Waals surface area contributed by atoms with E-state index in [1.165, 1.54) is 0 Å². The summed E-state index contributed by atoms with van der Waals surface area (Å²) in [5.41, 5.74) is 1.62. The zero-order valence-electron chi connectivity index (χ0n) is 10.1. The summed E-state index contributed by atoms with van der Waals surface area (Å²) in [6, 6.07) is 9.25. The highest BCUT2D eigenvalue weighted by Crippen LogP contribution is 2.18. The summed E-state index contributed by atoms with van der Waals surface area (Å²) in [5, 5.41) is 10.9. The Morgan fingerprint density at radius 3 is 2.71 bits per heavy atom. The predicted molar refractivity (Wildman–Crippen MR) is 69.1 cm³/mol. The van der Waals surface area contributed by atoms with Gasteiger partial charge in [-0.2, -0.15) is 0 Å². The van der Waals surface area contributed by atoms with Crippen LogP contribution in [0.25, 0.3) is 10.9 Å². The summed E-state index contributed by atoms with van der Waals surface area (Å²) < 4.78 is 0. The first kappa shape index (κ1) is 11.9. The molecule has 2 rings (SSSR count). The number of hydrogen-bond donors (Lipinski definition) is 2. The topological polar surface area (TPSA) is 53.1 Å². The number of aliphatic hydroxyl groups excluding tert-OH is 1. The monoisotopic (exact) mass is 231 g/mol. The summed E-state index contributed by atoms with van der Waals surface area (Å²) in [6.07, 6.45) is 0.0995. The van der Waals surface area contributed by atoms with Crippen LogP contribution >= 0.6 is 0 Å². The predicted octanol–water partition coefficient (Wildman–Crippen LogP) is 2.09. The molecule has 3 heteroatoms. The summed E-state index contributed by atoms with van der Waals surface area (Å²) in [4.78, 5) is 14.3. The summed E-state index contributed by atoms with van der Waals surface area (Å²) >= 11 is 0. The number of benzene rings is 1. The molecule has 0 bridgehead atoms. The SMILES string of the molecule is CC(C)C(O)Cc1cc(=O)[nH]c2ccccc12. The van der Waals surface area contributed by atoms with Crippen molar-refractivity contribution < 1.29 is 5.11 Å². The standard InChI is InChI=1S/C14H17NO2/c1-9(2)13(16)7-10-8-14(17)15-12-6-4-3-5-11(10)12/h3-6,8-9,13,16H,7H2,1-2H3,(H,15,17). The summed E-state index contributed by atoms with van der Waals surface area (Å²) in [7, 11) is 0. The Labute approximate surface area is 100 Å². The third-order valence-corrected chi connectivity index (χ3v) is 3.03. The number of para-hydroxylation sites is 1. The van der Waals surface area contributed by atoms with E-state index in [2.05, 4.69) is 4.98 Å². The van der Waals surface area contributed by atoms with Crippen molar-refractivity contribution in [2.24, 2.45) is 5.92 Å². The Hall–Kier alpha value is -1.61. The van der Waals surface area contributed by atoms with Gasteiger partial charge in [0.1, 0.15) is 0 Å². The van der Waals surface area contributed by atoms with Crippen LogP contribution in [-0.2, 0) is 6.42 Å². The van der Waals surface area contributed by atoms with Crippen LogP contribution in [0.5, 0.6) is 0 Å². The first-order valence-electron chi connectivity index (χ1n) is 5.87. The van der Waals surface area contributed by atoms with E-state index >= 15 is 0 Å². The van der Waals surface area contributed by atoms with E-state index in [0.29, 0.717) is 6.42 Å². The first-order chi connectivity index (χ1) is 8.08. The van der Waals surface area contributed by atoms with Gasteiger partial charge in [-0.3, -0.25) is 4.79 Å². The largest absolute Gasteiger partial charge is 0.393 e. The molecule has 90 valence electrons. The van der Waals surface area contributed by atoms with Crippen molar-refractivity contribution in [1.82, 2.24) is 4.98 Å². The Morgan fingerprint density at radius 1 is 1.29 bits per heavy atom. The second kappa shape index (κ2) is 4.72. The van der Waals surface area contributed by atoms with Crippen LogP contribution in [0, 0.1) is 5.92 Å². The molecule has 0 saturated carbocycles. The van der Waals surface area contributed by atoms with Crippen molar-refractivity contribution in [2.45, 2.75) is 26.4 Å². The minimum Gasteiger partial charge on any atom is -0.393 e. The fourth-order valence-corrected chi connectivity index (χ4v) is 1.91. The van der Waals surface area contributed by atoms with Crippen molar-refractivity contribution in [1.29, 1.82) is 0 Å². The molecule has 1 aromatic heterocycles. The number of aromatic nitrogens is 1. The molecule has 2 N–H and O–H groups in total. The zero-order valence-corrected chi connectivity index (χ0v) is 10.1. The lowest BCUT2D eigenvalue weighted by Gasteiger charge is -2.15. The van der Waals surface area contributed by atoms with E-state index in [9.17, 15) is 9.90 Å². The summed E-state index contributed by atoms with van der Waals surface area (Å²) in [5.74, 6) is 0.188. The number of fused-ring (bicyclic) bond motifs is 1. The van der Waals surface area contributed by atoms with Crippen molar-refractivity contribution in [2.75, 3.05) is 0 Å². The minimum atomic E-state index is -0.416. The average Bonchev–Trinajstić information content (AvgIpc) is 2.28. The molecule has 0 spiro atoms. The van der Waals surface area contributed by atoms with Gasteiger partial charge in [0, 0.05) is 17.0 Å². The molecule has 0 amide bonds. The van der Waals surface area contributed by atoms with Crippen LogP contribution in [-0.4, -0.2) is 16.2 Å². The highest BCUT2D eigenvalue weighted by atomic mass is 16.3. The lowest BCUT2D eigenvalue weighted by Crippen LogP contribution is -2.19. The van der Waals surface area contributed by atoms with Gasteiger partial charge in [-0.25, -0.2) is 0 Å². The van der Waals surface area contributed by atoms with E-state index in [1.54, 1.807) is 6.07 Å². The molecule has 0 aliphatic carbocycles. The number of nitrogens with one attached hydrogen (secondary N) is 1. The van der Waals surface area contributed by atoms with Crippen molar-refractivity contribution in [3.05, 3.63) is 46.2 Å². The zero-order chi connectivity index (χ0) is 12.4. The maximum atomic E-state index is 11.5. The van der Waals surface area contributed by atoms with Gasteiger partial charge < -0.3 is 10.1 Å². The molecule has 0 radical (unpaired) electrons. The highest BCUT2D eigenvalue weighted by molar-refractivity contribution is 5.81.